The SMILES string of the molecule is CCC[C@H](NC(=O)[C@@H]1C[C@]2(CC(C(=O)c3ccccc3)=NO2)CN1C(=O)[C@@H](NC(=O)CC1CCCCC1)C(C)(C)C)C(=O)C(=O)NC1CC1. The van der Waals surface area contributed by atoms with Crippen LogP contribution in [-0.4, -0.2) is 82.1 Å². The van der Waals surface area contributed by atoms with Gasteiger partial charge in [0.1, 0.15) is 17.8 Å². The van der Waals surface area contributed by atoms with Crippen LogP contribution in [0.4, 0.5) is 0 Å². The van der Waals surface area contributed by atoms with Crippen LogP contribution in [0.2, 0.25) is 0 Å². The van der Waals surface area contributed by atoms with Gasteiger partial charge in [-0.05, 0) is 43.4 Å². The second-order valence-corrected chi connectivity index (χ2v) is 15.4. The van der Waals surface area contributed by atoms with Crippen LogP contribution in [0.3, 0.4) is 0 Å². The third kappa shape index (κ3) is 8.93. The van der Waals surface area contributed by atoms with Gasteiger partial charge in [0.15, 0.2) is 5.60 Å². The van der Waals surface area contributed by atoms with Gasteiger partial charge in [0.05, 0.1) is 12.6 Å². The molecule has 2 saturated carbocycles. The Morgan fingerprint density at radius 1 is 0.980 bits per heavy atom. The van der Waals surface area contributed by atoms with E-state index in [2.05, 4.69) is 21.1 Å². The zero-order valence-corrected chi connectivity index (χ0v) is 29.2. The molecule has 3 fully saturated rings. The number of rotatable bonds is 13. The lowest BCUT2D eigenvalue weighted by atomic mass is 9.84. The number of Topliss-reactive ketones (excluding diaryl/α,β-unsaturated/α-hetero) is 2. The molecular formula is C37H51N5O7. The third-order valence-corrected chi connectivity index (χ3v) is 10.1. The number of amides is 4. The molecule has 49 heavy (non-hydrogen) atoms. The van der Waals surface area contributed by atoms with Gasteiger partial charge >= 0.3 is 0 Å². The number of likely N-dealkylation sites (tertiary alicyclic amines) is 1. The van der Waals surface area contributed by atoms with E-state index in [1.54, 1.807) is 30.3 Å². The van der Waals surface area contributed by atoms with Gasteiger partial charge in [0, 0.05) is 30.9 Å². The van der Waals surface area contributed by atoms with Gasteiger partial charge in [-0.2, -0.15) is 0 Å². The van der Waals surface area contributed by atoms with Crippen molar-refractivity contribution in [1.82, 2.24) is 20.9 Å². The second-order valence-electron chi connectivity index (χ2n) is 15.4. The first-order chi connectivity index (χ1) is 23.3. The fourth-order valence-corrected chi connectivity index (χ4v) is 7.16. The lowest BCUT2D eigenvalue weighted by molar-refractivity contribution is -0.145. The van der Waals surface area contributed by atoms with E-state index in [1.807, 2.05) is 27.7 Å². The van der Waals surface area contributed by atoms with E-state index in [9.17, 15) is 28.8 Å². The lowest BCUT2D eigenvalue weighted by Crippen LogP contribution is -2.59. The summed E-state index contributed by atoms with van der Waals surface area (Å²) >= 11 is 0. The Labute approximate surface area is 288 Å². The highest BCUT2D eigenvalue weighted by Crippen LogP contribution is 2.39. The summed E-state index contributed by atoms with van der Waals surface area (Å²) in [5.74, 6) is -2.77. The number of carbonyl (C=O) groups is 6. The summed E-state index contributed by atoms with van der Waals surface area (Å²) in [5, 5.41) is 12.6. The normalized spacial score (nSPS) is 23.6. The largest absolute Gasteiger partial charge is 0.386 e. The van der Waals surface area contributed by atoms with E-state index in [0.29, 0.717) is 18.4 Å². The Bertz CT molecular complexity index is 1460. The zero-order valence-electron chi connectivity index (χ0n) is 29.2. The van der Waals surface area contributed by atoms with Gasteiger partial charge in [-0.3, -0.25) is 28.8 Å². The molecular weight excluding hydrogens is 626 g/mol. The molecule has 12 heteroatoms. The molecule has 2 aliphatic heterocycles. The molecule has 0 radical (unpaired) electrons. The molecule has 1 saturated heterocycles. The van der Waals surface area contributed by atoms with Crippen molar-refractivity contribution < 1.29 is 33.6 Å². The number of ketones is 2. The molecule has 0 unspecified atom stereocenters. The summed E-state index contributed by atoms with van der Waals surface area (Å²) in [6.07, 6.45) is 8.13. The minimum absolute atomic E-state index is 0.00777. The molecule has 1 aromatic carbocycles. The van der Waals surface area contributed by atoms with E-state index in [4.69, 9.17) is 4.84 Å². The average Bonchev–Trinajstić information content (AvgIpc) is 3.67. The summed E-state index contributed by atoms with van der Waals surface area (Å²) in [4.78, 5) is 88.4. The lowest BCUT2D eigenvalue weighted by Gasteiger charge is -2.36. The van der Waals surface area contributed by atoms with Crippen LogP contribution in [0.15, 0.2) is 35.5 Å². The first-order valence-electron chi connectivity index (χ1n) is 17.9. The van der Waals surface area contributed by atoms with Gasteiger partial charge in [-0.1, -0.05) is 88.9 Å². The van der Waals surface area contributed by atoms with Crippen molar-refractivity contribution in [3.8, 4) is 0 Å². The number of nitrogens with zero attached hydrogens (tertiary/aromatic N) is 2. The molecule has 2 aliphatic carbocycles. The summed E-state index contributed by atoms with van der Waals surface area (Å²) in [6, 6.07) is 5.53. The van der Waals surface area contributed by atoms with Crippen molar-refractivity contribution in [3.05, 3.63) is 35.9 Å². The van der Waals surface area contributed by atoms with Gasteiger partial charge < -0.3 is 25.7 Å². The highest BCUT2D eigenvalue weighted by molar-refractivity contribution is 6.46. The standard InChI is InChI=1S/C37H51N5O7/c1-5-12-26(31(45)34(47)38-25-17-18-25)39-33(46)28-21-37(20-27(41-49-37)30(44)24-15-10-7-11-16-24)22-42(28)35(48)32(36(2,3)4)40-29(43)19-23-13-8-6-9-14-23/h7,10-11,15-16,23,25-26,28,32H,5-6,8-9,12-14,17-22H2,1-4H3,(H,38,47)(H,39,46)(H,40,43)/t26-,28-,32+,37+/m0/s1. The Hall–Kier alpha value is -4.09. The predicted octanol–water partition coefficient (Wildman–Crippen LogP) is 3.62. The molecule has 0 aromatic heterocycles. The molecule has 0 bridgehead atoms. The molecule has 4 atom stereocenters. The van der Waals surface area contributed by atoms with E-state index in [0.717, 1.165) is 38.5 Å². The van der Waals surface area contributed by atoms with Gasteiger partial charge in [-0.25, -0.2) is 0 Å². The van der Waals surface area contributed by atoms with Crippen LogP contribution in [0, 0.1) is 11.3 Å². The fourth-order valence-electron chi connectivity index (χ4n) is 7.16. The number of carbonyl (C=O) groups excluding carboxylic acids is 6. The summed E-state index contributed by atoms with van der Waals surface area (Å²) in [5.41, 5.74) is -1.25. The van der Waals surface area contributed by atoms with Crippen LogP contribution in [0.1, 0.15) is 115 Å². The maximum Gasteiger partial charge on any atom is 0.289 e. The van der Waals surface area contributed by atoms with Crippen molar-refractivity contribution in [3.63, 3.8) is 0 Å². The van der Waals surface area contributed by atoms with Crippen molar-refractivity contribution in [2.24, 2.45) is 16.5 Å². The molecule has 2 heterocycles. The molecule has 4 aliphatic rings. The number of benzene rings is 1. The summed E-state index contributed by atoms with van der Waals surface area (Å²) in [7, 11) is 0. The highest BCUT2D eigenvalue weighted by Gasteiger charge is 2.56. The Balaban J connectivity index is 1.38. The van der Waals surface area contributed by atoms with Crippen molar-refractivity contribution >= 4 is 40.9 Å². The second kappa shape index (κ2) is 15.2. The Morgan fingerprint density at radius 2 is 1.67 bits per heavy atom. The molecule has 3 N–H and O–H groups in total. The Kier molecular flexibility index (Phi) is 11.2. The first-order valence-corrected chi connectivity index (χ1v) is 17.9. The van der Waals surface area contributed by atoms with Crippen molar-refractivity contribution in [1.29, 1.82) is 0 Å². The molecule has 12 nitrogen and oxygen atoms in total. The van der Waals surface area contributed by atoms with E-state index in [-0.39, 0.29) is 55.2 Å². The Morgan fingerprint density at radius 3 is 2.31 bits per heavy atom. The van der Waals surface area contributed by atoms with Crippen LogP contribution >= 0.6 is 0 Å². The van der Waals surface area contributed by atoms with E-state index < -0.39 is 52.6 Å². The summed E-state index contributed by atoms with van der Waals surface area (Å²) < 4.78 is 0. The van der Waals surface area contributed by atoms with Gasteiger partial charge in [-0.15, -0.1) is 0 Å². The maximum absolute atomic E-state index is 14.5. The van der Waals surface area contributed by atoms with E-state index >= 15 is 0 Å². The monoisotopic (exact) mass is 677 g/mol. The molecule has 5 rings (SSSR count). The first kappa shape index (κ1) is 36.2. The highest BCUT2D eigenvalue weighted by atomic mass is 16.7. The van der Waals surface area contributed by atoms with Gasteiger partial charge in [0.2, 0.25) is 29.3 Å². The molecule has 4 amide bonds. The minimum atomic E-state index is -1.17. The van der Waals surface area contributed by atoms with E-state index in [1.165, 1.54) is 11.3 Å². The number of hydrogen-bond donors (Lipinski definition) is 3. The average molecular weight is 678 g/mol. The van der Waals surface area contributed by atoms with Crippen molar-refractivity contribution in [2.75, 3.05) is 6.54 Å². The third-order valence-electron chi connectivity index (χ3n) is 10.1. The van der Waals surface area contributed by atoms with Crippen molar-refractivity contribution in [2.45, 2.75) is 135 Å². The van der Waals surface area contributed by atoms with Gasteiger partial charge in [0.25, 0.3) is 5.91 Å². The summed E-state index contributed by atoms with van der Waals surface area (Å²) in [6.45, 7) is 7.37. The molecule has 1 aromatic rings. The van der Waals surface area contributed by atoms with Crippen LogP contribution < -0.4 is 16.0 Å². The minimum Gasteiger partial charge on any atom is -0.386 e. The molecule has 1 spiro atoms. The van der Waals surface area contributed by atoms with Crippen LogP contribution in [0.25, 0.3) is 0 Å². The van der Waals surface area contributed by atoms with Crippen LogP contribution in [-0.2, 0) is 28.8 Å². The predicted molar refractivity (Wildman–Crippen MR) is 182 cm³/mol. The maximum atomic E-state index is 14.5. The van der Waals surface area contributed by atoms with Crippen LogP contribution in [0.5, 0.6) is 0 Å². The zero-order chi connectivity index (χ0) is 35.3. The number of nitrogens with one attached hydrogen (secondary N) is 3. The smallest absolute Gasteiger partial charge is 0.289 e. The fraction of sp³-hybridized carbons (Fsp3) is 0.649. The number of oxime groups is 1. The topological polar surface area (TPSA) is 163 Å². The molecule has 266 valence electrons. The quantitative estimate of drug-likeness (QED) is 0.212. The number of hydrogen-bond acceptors (Lipinski definition) is 8.